The van der Waals surface area contributed by atoms with Crippen molar-refractivity contribution in [3.63, 3.8) is 0 Å². The Bertz CT molecular complexity index is 683. The van der Waals surface area contributed by atoms with Crippen LogP contribution in [0.4, 0.5) is 4.39 Å². The highest BCUT2D eigenvalue weighted by molar-refractivity contribution is 7.15. The molecule has 2 aromatic rings. The Kier molecular flexibility index (Phi) is 3.17. The summed E-state index contributed by atoms with van der Waals surface area (Å²) in [5, 5.41) is 9.64. The minimum atomic E-state index is -0.874. The molecule has 0 aliphatic heterocycles. The van der Waals surface area contributed by atoms with Crippen molar-refractivity contribution in [3.05, 3.63) is 34.6 Å². The summed E-state index contributed by atoms with van der Waals surface area (Å²) >= 11 is 1.35. The van der Waals surface area contributed by atoms with E-state index in [9.17, 15) is 9.18 Å². The molecule has 1 heterocycles. The third-order valence-electron chi connectivity index (χ3n) is 3.42. The Morgan fingerprint density at radius 3 is 3.05 bits per heavy atom. The maximum atomic E-state index is 14.0. The first-order valence-corrected chi connectivity index (χ1v) is 6.98. The molecule has 0 bridgehead atoms. The Hall–Kier alpha value is -1.95. The van der Waals surface area contributed by atoms with E-state index in [1.807, 2.05) is 0 Å². The second-order valence-electron chi connectivity index (χ2n) is 4.57. The van der Waals surface area contributed by atoms with Crippen LogP contribution in [-0.2, 0) is 11.2 Å². The van der Waals surface area contributed by atoms with Crippen LogP contribution < -0.4 is 4.74 Å². The van der Waals surface area contributed by atoms with Gasteiger partial charge in [0.25, 0.3) is 0 Å². The molecule has 6 heteroatoms. The molecular weight excluding hydrogens is 281 g/mol. The van der Waals surface area contributed by atoms with Gasteiger partial charge in [-0.15, -0.1) is 11.3 Å². The van der Waals surface area contributed by atoms with Crippen molar-refractivity contribution in [2.24, 2.45) is 0 Å². The molecule has 20 heavy (non-hydrogen) atoms. The molecule has 1 aliphatic rings. The first-order valence-electron chi connectivity index (χ1n) is 6.17. The van der Waals surface area contributed by atoms with Crippen LogP contribution in [0.5, 0.6) is 5.75 Å². The summed E-state index contributed by atoms with van der Waals surface area (Å²) in [5.74, 6) is -1.46. The van der Waals surface area contributed by atoms with E-state index in [0.29, 0.717) is 34.9 Å². The average molecular weight is 293 g/mol. The highest BCUT2D eigenvalue weighted by Crippen LogP contribution is 2.42. The molecule has 1 aromatic carbocycles. The van der Waals surface area contributed by atoms with Gasteiger partial charge in [0, 0.05) is 4.88 Å². The van der Waals surface area contributed by atoms with Gasteiger partial charge < -0.3 is 9.84 Å². The molecule has 0 spiro atoms. The number of carbonyl (C=O) groups is 1. The largest absolute Gasteiger partial charge is 0.496 e. The number of aliphatic carboxylic acids is 1. The molecule has 1 aliphatic carbocycles. The summed E-state index contributed by atoms with van der Waals surface area (Å²) in [6.45, 7) is 0. The zero-order valence-electron chi connectivity index (χ0n) is 10.7. The van der Waals surface area contributed by atoms with Crippen LogP contribution in [0.2, 0.25) is 0 Å². The SMILES string of the molecule is COc1cccc(F)c1-c1nc2c(s1)CCC2C(=O)O. The number of fused-ring (bicyclic) bond motifs is 1. The standard InChI is InChI=1S/C14H12FNO3S/c1-19-9-4-2-3-8(15)11(9)13-16-12-7(14(17)18)5-6-10(12)20-13/h2-4,7H,5-6H2,1H3,(H,17,18). The molecule has 4 nitrogen and oxygen atoms in total. The molecule has 1 N–H and O–H groups in total. The number of ether oxygens (including phenoxy) is 1. The molecule has 0 fully saturated rings. The smallest absolute Gasteiger partial charge is 0.312 e. The highest BCUT2D eigenvalue weighted by atomic mass is 32.1. The number of methoxy groups -OCH3 is 1. The quantitative estimate of drug-likeness (QED) is 0.944. The first-order chi connectivity index (χ1) is 9.61. The average Bonchev–Trinajstić information content (AvgIpc) is 2.97. The van der Waals surface area contributed by atoms with Crippen LogP contribution in [0.1, 0.15) is 22.9 Å². The van der Waals surface area contributed by atoms with Crippen molar-refractivity contribution in [1.82, 2.24) is 4.98 Å². The number of carboxylic acids is 1. The van der Waals surface area contributed by atoms with E-state index >= 15 is 0 Å². The molecule has 3 rings (SSSR count). The van der Waals surface area contributed by atoms with Gasteiger partial charge in [-0.3, -0.25) is 4.79 Å². The van der Waals surface area contributed by atoms with Gasteiger partial charge in [0.1, 0.15) is 22.5 Å². The van der Waals surface area contributed by atoms with E-state index in [1.54, 1.807) is 12.1 Å². The normalized spacial score (nSPS) is 17.0. The summed E-state index contributed by atoms with van der Waals surface area (Å²) in [7, 11) is 1.47. The van der Waals surface area contributed by atoms with E-state index in [-0.39, 0.29) is 0 Å². The number of halogens is 1. The second-order valence-corrected chi connectivity index (χ2v) is 5.66. The van der Waals surface area contributed by atoms with Crippen LogP contribution in [0.3, 0.4) is 0 Å². The van der Waals surface area contributed by atoms with E-state index in [1.165, 1.54) is 24.5 Å². The number of carboxylic acid groups (broad SMARTS) is 1. The van der Waals surface area contributed by atoms with Crippen LogP contribution in [0, 0.1) is 5.82 Å². The summed E-state index contributed by atoms with van der Waals surface area (Å²) in [6, 6.07) is 4.58. The lowest BCUT2D eigenvalue weighted by atomic mass is 10.1. The van der Waals surface area contributed by atoms with Crippen LogP contribution in [0.15, 0.2) is 18.2 Å². The fourth-order valence-corrected chi connectivity index (χ4v) is 3.65. The van der Waals surface area contributed by atoms with Crippen molar-refractivity contribution in [2.45, 2.75) is 18.8 Å². The van der Waals surface area contributed by atoms with E-state index in [2.05, 4.69) is 4.98 Å². The molecule has 1 aromatic heterocycles. The fourth-order valence-electron chi connectivity index (χ4n) is 2.46. The predicted molar refractivity (Wildman–Crippen MR) is 72.8 cm³/mol. The van der Waals surface area contributed by atoms with Crippen molar-refractivity contribution >= 4 is 17.3 Å². The van der Waals surface area contributed by atoms with Gasteiger partial charge in [0.15, 0.2) is 0 Å². The van der Waals surface area contributed by atoms with Gasteiger partial charge in [0.05, 0.1) is 18.4 Å². The Balaban J connectivity index is 2.10. The van der Waals surface area contributed by atoms with Crippen LogP contribution in [-0.4, -0.2) is 23.2 Å². The van der Waals surface area contributed by atoms with E-state index in [0.717, 1.165) is 4.88 Å². The van der Waals surface area contributed by atoms with Gasteiger partial charge in [-0.2, -0.15) is 0 Å². The van der Waals surface area contributed by atoms with E-state index in [4.69, 9.17) is 9.84 Å². The van der Waals surface area contributed by atoms with Gasteiger partial charge >= 0.3 is 5.97 Å². The lowest BCUT2D eigenvalue weighted by Crippen LogP contribution is -2.08. The minimum Gasteiger partial charge on any atom is -0.496 e. The molecule has 0 saturated carbocycles. The van der Waals surface area contributed by atoms with Gasteiger partial charge in [-0.1, -0.05) is 6.07 Å². The number of rotatable bonds is 3. The number of nitrogens with zero attached hydrogens (tertiary/aromatic N) is 1. The zero-order valence-corrected chi connectivity index (χ0v) is 11.5. The second kappa shape index (κ2) is 4.86. The van der Waals surface area contributed by atoms with Gasteiger partial charge in [0.2, 0.25) is 0 Å². The molecule has 0 saturated heterocycles. The molecule has 1 atom stereocenters. The maximum Gasteiger partial charge on any atom is 0.312 e. The number of benzene rings is 1. The van der Waals surface area contributed by atoms with Crippen molar-refractivity contribution in [2.75, 3.05) is 7.11 Å². The van der Waals surface area contributed by atoms with Crippen molar-refractivity contribution in [1.29, 1.82) is 0 Å². The topological polar surface area (TPSA) is 59.4 Å². The van der Waals surface area contributed by atoms with Crippen molar-refractivity contribution < 1.29 is 19.0 Å². The summed E-state index contributed by atoms with van der Waals surface area (Å²) < 4.78 is 19.2. The van der Waals surface area contributed by atoms with Gasteiger partial charge in [-0.05, 0) is 25.0 Å². The molecule has 0 radical (unpaired) electrons. The van der Waals surface area contributed by atoms with Crippen LogP contribution >= 0.6 is 11.3 Å². The zero-order chi connectivity index (χ0) is 14.3. The summed E-state index contributed by atoms with van der Waals surface area (Å²) in [4.78, 5) is 16.4. The number of hydrogen-bond donors (Lipinski definition) is 1. The highest BCUT2D eigenvalue weighted by Gasteiger charge is 2.33. The van der Waals surface area contributed by atoms with E-state index < -0.39 is 17.7 Å². The first kappa shape index (κ1) is 13.1. The number of aryl methyl sites for hydroxylation is 1. The van der Waals surface area contributed by atoms with Crippen molar-refractivity contribution in [3.8, 4) is 16.3 Å². The number of hydrogen-bond acceptors (Lipinski definition) is 4. The molecule has 0 amide bonds. The summed E-state index contributed by atoms with van der Waals surface area (Å²) in [5.41, 5.74) is 0.876. The molecule has 1 unspecified atom stereocenters. The molecule has 104 valence electrons. The third-order valence-corrected chi connectivity index (χ3v) is 4.57. The van der Waals surface area contributed by atoms with Crippen LogP contribution in [0.25, 0.3) is 10.6 Å². The third kappa shape index (κ3) is 1.96. The monoisotopic (exact) mass is 293 g/mol. The lowest BCUT2D eigenvalue weighted by Gasteiger charge is -2.07. The predicted octanol–water partition coefficient (Wildman–Crippen LogP) is 3.07. The van der Waals surface area contributed by atoms with Gasteiger partial charge in [-0.25, -0.2) is 9.37 Å². The minimum absolute atomic E-state index is 0.304. The maximum absolute atomic E-state index is 14.0. The Morgan fingerprint density at radius 1 is 1.55 bits per heavy atom. The number of thiazole rings is 1. The lowest BCUT2D eigenvalue weighted by molar-refractivity contribution is -0.138. The Labute approximate surface area is 118 Å². The summed E-state index contributed by atoms with van der Waals surface area (Å²) in [6.07, 6.45) is 1.25. The number of aromatic nitrogens is 1. The molecular formula is C14H12FNO3S. The Morgan fingerprint density at radius 2 is 2.35 bits per heavy atom. The fraction of sp³-hybridized carbons (Fsp3) is 0.286.